The predicted molar refractivity (Wildman–Crippen MR) is 78.7 cm³/mol. The lowest BCUT2D eigenvalue weighted by Crippen LogP contribution is -2.42. The largest absolute Gasteiger partial charge is 0.383 e. The quantitative estimate of drug-likeness (QED) is 0.859. The highest BCUT2D eigenvalue weighted by atomic mass is 32.2. The van der Waals surface area contributed by atoms with E-state index in [0.29, 0.717) is 25.4 Å². The molecule has 3 rings (SSSR count). The molecule has 2 aliphatic rings. The molecule has 1 amide bonds. The van der Waals surface area contributed by atoms with E-state index in [-0.39, 0.29) is 5.91 Å². The Morgan fingerprint density at radius 2 is 2.40 bits per heavy atom. The van der Waals surface area contributed by atoms with Crippen LogP contribution in [0.4, 0.5) is 0 Å². The molecule has 0 saturated heterocycles. The lowest BCUT2D eigenvalue weighted by Gasteiger charge is -2.29. The summed E-state index contributed by atoms with van der Waals surface area (Å²) in [6.45, 7) is 1.28. The number of nitrogens with zero attached hydrogens (tertiary/aromatic N) is 2. The zero-order chi connectivity index (χ0) is 14.1. The summed E-state index contributed by atoms with van der Waals surface area (Å²) >= 11 is 1.65. The van der Waals surface area contributed by atoms with E-state index in [1.807, 2.05) is 6.26 Å². The van der Waals surface area contributed by atoms with E-state index in [2.05, 4.69) is 10.2 Å². The van der Waals surface area contributed by atoms with Crippen molar-refractivity contribution in [3.63, 3.8) is 0 Å². The number of amides is 1. The van der Waals surface area contributed by atoms with Gasteiger partial charge in [-0.05, 0) is 31.3 Å². The van der Waals surface area contributed by atoms with Crippen LogP contribution in [0.25, 0.3) is 0 Å². The minimum Gasteiger partial charge on any atom is -0.383 e. The van der Waals surface area contributed by atoms with E-state index in [0.717, 1.165) is 17.9 Å². The van der Waals surface area contributed by atoms with E-state index < -0.39 is 6.10 Å². The van der Waals surface area contributed by atoms with Crippen LogP contribution in [-0.4, -0.2) is 50.8 Å². The molecule has 1 aliphatic carbocycles. The third-order valence-corrected chi connectivity index (χ3v) is 4.77. The third-order valence-electron chi connectivity index (χ3n) is 4.12. The molecule has 0 radical (unpaired) electrons. The van der Waals surface area contributed by atoms with Crippen molar-refractivity contribution < 1.29 is 9.90 Å². The van der Waals surface area contributed by atoms with Gasteiger partial charge < -0.3 is 10.0 Å². The monoisotopic (exact) mass is 295 g/mol. The number of aromatic amines is 1. The Bertz CT molecular complexity index is 499. The molecule has 0 aromatic carbocycles. The van der Waals surface area contributed by atoms with E-state index in [4.69, 9.17) is 0 Å². The molecule has 2 N–H and O–H groups in total. The fraction of sp³-hybridized carbons (Fsp3) is 0.714. The normalized spacial score (nSPS) is 19.8. The van der Waals surface area contributed by atoms with Gasteiger partial charge in [0, 0.05) is 36.7 Å². The standard InChI is InChI=1S/C14H21N3O2S/c1-20-7-5-12(18)14(19)17-6-4-11-10(8-17)13(16-15-11)9-2-3-9/h9,12,18H,2-8H2,1H3,(H,15,16)/t12-/m1/s1. The maximum atomic E-state index is 12.3. The average Bonchev–Trinajstić information content (AvgIpc) is 3.23. The second-order valence-electron chi connectivity index (χ2n) is 5.65. The van der Waals surface area contributed by atoms with Gasteiger partial charge in [0.1, 0.15) is 6.10 Å². The van der Waals surface area contributed by atoms with E-state index in [9.17, 15) is 9.90 Å². The van der Waals surface area contributed by atoms with Crippen LogP contribution in [0.3, 0.4) is 0 Å². The minimum absolute atomic E-state index is 0.132. The van der Waals surface area contributed by atoms with Crippen molar-refractivity contribution in [2.75, 3.05) is 18.6 Å². The van der Waals surface area contributed by atoms with E-state index in [1.54, 1.807) is 16.7 Å². The first-order valence-electron chi connectivity index (χ1n) is 7.22. The van der Waals surface area contributed by atoms with Gasteiger partial charge in [-0.15, -0.1) is 0 Å². The van der Waals surface area contributed by atoms with Crippen LogP contribution < -0.4 is 0 Å². The summed E-state index contributed by atoms with van der Waals surface area (Å²) in [5.74, 6) is 1.27. The molecule has 0 bridgehead atoms. The number of hydrogen-bond donors (Lipinski definition) is 2. The van der Waals surface area contributed by atoms with Crippen molar-refractivity contribution in [2.45, 2.75) is 44.2 Å². The predicted octanol–water partition coefficient (Wildman–Crippen LogP) is 1.29. The molecular formula is C14H21N3O2S. The summed E-state index contributed by atoms with van der Waals surface area (Å²) in [7, 11) is 0. The first-order valence-corrected chi connectivity index (χ1v) is 8.62. The lowest BCUT2D eigenvalue weighted by atomic mass is 10.0. The SMILES string of the molecule is CSCC[C@@H](O)C(=O)N1CCc2[nH]nc(C3CC3)c2C1. The fourth-order valence-corrected chi connectivity index (χ4v) is 3.22. The zero-order valence-corrected chi connectivity index (χ0v) is 12.6. The second kappa shape index (κ2) is 5.77. The van der Waals surface area contributed by atoms with Crippen LogP contribution >= 0.6 is 11.8 Å². The Kier molecular flexibility index (Phi) is 4.03. The zero-order valence-electron chi connectivity index (χ0n) is 11.8. The molecule has 110 valence electrons. The number of carbonyl (C=O) groups is 1. The lowest BCUT2D eigenvalue weighted by molar-refractivity contribution is -0.141. The molecule has 5 nitrogen and oxygen atoms in total. The van der Waals surface area contributed by atoms with Crippen LogP contribution in [0.5, 0.6) is 0 Å². The molecule has 1 fully saturated rings. The molecule has 1 atom stereocenters. The van der Waals surface area contributed by atoms with Gasteiger partial charge in [0.25, 0.3) is 5.91 Å². The highest BCUT2D eigenvalue weighted by molar-refractivity contribution is 7.98. The number of hydrogen-bond acceptors (Lipinski definition) is 4. The smallest absolute Gasteiger partial charge is 0.251 e. The van der Waals surface area contributed by atoms with Crippen molar-refractivity contribution in [1.29, 1.82) is 0 Å². The molecular weight excluding hydrogens is 274 g/mol. The van der Waals surface area contributed by atoms with Gasteiger partial charge in [0.2, 0.25) is 0 Å². The first kappa shape index (κ1) is 13.9. The van der Waals surface area contributed by atoms with Crippen LogP contribution in [0, 0.1) is 0 Å². The van der Waals surface area contributed by atoms with Crippen LogP contribution in [0.15, 0.2) is 0 Å². The Labute approximate surface area is 123 Å². The van der Waals surface area contributed by atoms with Crippen molar-refractivity contribution in [2.24, 2.45) is 0 Å². The summed E-state index contributed by atoms with van der Waals surface area (Å²) in [4.78, 5) is 14.1. The summed E-state index contributed by atoms with van der Waals surface area (Å²) in [5, 5.41) is 17.5. The van der Waals surface area contributed by atoms with Gasteiger partial charge in [0.05, 0.1) is 5.69 Å². The first-order chi connectivity index (χ1) is 9.70. The van der Waals surface area contributed by atoms with E-state index in [1.165, 1.54) is 24.1 Å². The van der Waals surface area contributed by atoms with Gasteiger partial charge in [-0.1, -0.05) is 0 Å². The minimum atomic E-state index is -0.861. The third kappa shape index (κ3) is 2.72. The van der Waals surface area contributed by atoms with Crippen molar-refractivity contribution in [3.8, 4) is 0 Å². The average molecular weight is 295 g/mol. The van der Waals surface area contributed by atoms with Gasteiger partial charge in [-0.3, -0.25) is 9.89 Å². The van der Waals surface area contributed by atoms with Crippen molar-refractivity contribution in [3.05, 3.63) is 17.0 Å². The van der Waals surface area contributed by atoms with Gasteiger partial charge >= 0.3 is 0 Å². The molecule has 0 unspecified atom stereocenters. The summed E-state index contributed by atoms with van der Waals surface area (Å²) < 4.78 is 0. The van der Waals surface area contributed by atoms with Crippen LogP contribution in [-0.2, 0) is 17.8 Å². The summed E-state index contributed by atoms with van der Waals surface area (Å²) in [6.07, 6.45) is 4.89. The number of rotatable bonds is 5. The Hall–Kier alpha value is -1.01. The Balaban J connectivity index is 1.68. The van der Waals surface area contributed by atoms with Crippen LogP contribution in [0.2, 0.25) is 0 Å². The Morgan fingerprint density at radius 1 is 1.60 bits per heavy atom. The number of thioether (sulfide) groups is 1. The topological polar surface area (TPSA) is 69.2 Å². The molecule has 1 saturated carbocycles. The number of carbonyl (C=O) groups excluding carboxylic acids is 1. The Morgan fingerprint density at radius 3 is 3.10 bits per heavy atom. The highest BCUT2D eigenvalue weighted by Crippen LogP contribution is 2.42. The maximum Gasteiger partial charge on any atom is 0.251 e. The number of fused-ring (bicyclic) bond motifs is 1. The number of aliphatic hydroxyl groups is 1. The highest BCUT2D eigenvalue weighted by Gasteiger charge is 2.34. The number of nitrogens with one attached hydrogen (secondary N) is 1. The molecule has 0 spiro atoms. The molecule has 2 heterocycles. The summed E-state index contributed by atoms with van der Waals surface area (Å²) in [6, 6.07) is 0. The number of H-pyrrole nitrogens is 1. The molecule has 20 heavy (non-hydrogen) atoms. The van der Waals surface area contributed by atoms with Crippen molar-refractivity contribution in [1.82, 2.24) is 15.1 Å². The second-order valence-corrected chi connectivity index (χ2v) is 6.63. The van der Waals surface area contributed by atoms with Gasteiger partial charge in [-0.2, -0.15) is 16.9 Å². The maximum absolute atomic E-state index is 12.3. The number of aliphatic hydroxyl groups excluding tert-OH is 1. The van der Waals surface area contributed by atoms with Gasteiger partial charge in [0.15, 0.2) is 0 Å². The van der Waals surface area contributed by atoms with Gasteiger partial charge in [-0.25, -0.2) is 0 Å². The molecule has 1 aromatic heterocycles. The van der Waals surface area contributed by atoms with Crippen LogP contribution in [0.1, 0.15) is 42.1 Å². The summed E-state index contributed by atoms with van der Waals surface area (Å²) in [5.41, 5.74) is 3.52. The molecule has 6 heteroatoms. The van der Waals surface area contributed by atoms with Crippen molar-refractivity contribution >= 4 is 17.7 Å². The van der Waals surface area contributed by atoms with E-state index >= 15 is 0 Å². The molecule has 1 aromatic rings. The number of aromatic nitrogens is 2. The molecule has 1 aliphatic heterocycles. The fourth-order valence-electron chi connectivity index (χ4n) is 2.76.